The van der Waals surface area contributed by atoms with Gasteiger partial charge in [-0.25, -0.2) is 4.39 Å². The number of rotatable bonds is 2. The first-order valence-corrected chi connectivity index (χ1v) is 5.68. The third-order valence-corrected chi connectivity index (χ3v) is 2.71. The number of benzene rings is 2. The first-order valence-electron chi connectivity index (χ1n) is 4.92. The van der Waals surface area contributed by atoms with Gasteiger partial charge in [0.15, 0.2) is 0 Å². The van der Waals surface area contributed by atoms with Crippen LogP contribution in [-0.4, -0.2) is 0 Å². The summed E-state index contributed by atoms with van der Waals surface area (Å²) in [6, 6.07) is 10.3. The molecule has 0 aliphatic heterocycles. The van der Waals surface area contributed by atoms with Crippen molar-refractivity contribution in [2.24, 2.45) is 0 Å². The molecule has 2 rings (SSSR count). The average Bonchev–Trinajstić information content (AvgIpc) is 2.34. The van der Waals surface area contributed by atoms with Crippen molar-refractivity contribution in [3.8, 4) is 17.6 Å². The van der Waals surface area contributed by atoms with Gasteiger partial charge in [0.05, 0.1) is 10.6 Å². The van der Waals surface area contributed by atoms with Crippen molar-refractivity contribution in [3.05, 3.63) is 57.8 Å². The largest absolute Gasteiger partial charge is 0.454 e. The van der Waals surface area contributed by atoms with E-state index < -0.39 is 5.82 Å². The van der Waals surface area contributed by atoms with E-state index in [1.54, 1.807) is 12.1 Å². The van der Waals surface area contributed by atoms with Crippen LogP contribution < -0.4 is 4.74 Å². The van der Waals surface area contributed by atoms with Gasteiger partial charge < -0.3 is 4.74 Å². The van der Waals surface area contributed by atoms with Gasteiger partial charge in [-0.15, -0.1) is 0 Å². The second-order valence-electron chi connectivity index (χ2n) is 3.43. The molecule has 0 spiro atoms. The zero-order valence-electron chi connectivity index (χ0n) is 8.95. The average molecular weight is 282 g/mol. The summed E-state index contributed by atoms with van der Waals surface area (Å²) in [5.41, 5.74) is 0.280. The first-order chi connectivity index (χ1) is 8.60. The molecule has 0 amide bonds. The Hall–Kier alpha value is -1.76. The van der Waals surface area contributed by atoms with Crippen LogP contribution in [0.5, 0.6) is 11.5 Å². The van der Waals surface area contributed by atoms with Gasteiger partial charge in [-0.05, 0) is 36.4 Å². The number of halogens is 3. The molecule has 0 heterocycles. The Balaban J connectivity index is 2.37. The van der Waals surface area contributed by atoms with E-state index in [1.165, 1.54) is 18.2 Å². The van der Waals surface area contributed by atoms with Crippen LogP contribution in [0.4, 0.5) is 4.39 Å². The Bertz CT molecular complexity index is 637. The fourth-order valence-electron chi connectivity index (χ4n) is 1.36. The molecule has 0 unspecified atom stereocenters. The standard InChI is InChI=1S/C13H6Cl2FNO/c14-9-1-3-12(8(5-9)7-17)18-13-4-2-10(16)6-11(13)15/h1-6H. The van der Waals surface area contributed by atoms with Crippen molar-refractivity contribution >= 4 is 23.2 Å². The van der Waals surface area contributed by atoms with E-state index in [1.807, 2.05) is 6.07 Å². The predicted molar refractivity (Wildman–Crippen MR) is 67.7 cm³/mol. The highest BCUT2D eigenvalue weighted by molar-refractivity contribution is 6.32. The zero-order chi connectivity index (χ0) is 13.1. The highest BCUT2D eigenvalue weighted by atomic mass is 35.5. The number of nitrogens with zero attached hydrogens (tertiary/aromatic N) is 1. The molecule has 0 saturated carbocycles. The lowest BCUT2D eigenvalue weighted by Crippen LogP contribution is -1.89. The molecule has 0 N–H and O–H groups in total. The predicted octanol–water partition coefficient (Wildman–Crippen LogP) is 4.80. The molecule has 0 aromatic heterocycles. The minimum atomic E-state index is -0.455. The van der Waals surface area contributed by atoms with Gasteiger partial charge in [-0.3, -0.25) is 0 Å². The maximum absolute atomic E-state index is 12.9. The molecule has 0 aliphatic rings. The molecule has 2 aromatic rings. The summed E-state index contributed by atoms with van der Waals surface area (Å²) in [6.45, 7) is 0. The lowest BCUT2D eigenvalue weighted by molar-refractivity contribution is 0.479. The number of nitriles is 1. The van der Waals surface area contributed by atoms with Gasteiger partial charge in [0, 0.05) is 5.02 Å². The SMILES string of the molecule is N#Cc1cc(Cl)ccc1Oc1ccc(F)cc1Cl. The van der Waals surface area contributed by atoms with E-state index in [4.69, 9.17) is 33.2 Å². The van der Waals surface area contributed by atoms with Crippen molar-refractivity contribution in [2.45, 2.75) is 0 Å². The molecule has 90 valence electrons. The number of ether oxygens (including phenoxy) is 1. The van der Waals surface area contributed by atoms with E-state index in [-0.39, 0.29) is 16.3 Å². The molecule has 0 aliphatic carbocycles. The van der Waals surface area contributed by atoms with Gasteiger partial charge in [0.1, 0.15) is 23.4 Å². The van der Waals surface area contributed by atoms with Crippen molar-refractivity contribution < 1.29 is 9.13 Å². The molecule has 0 fully saturated rings. The summed E-state index contributed by atoms with van der Waals surface area (Å²) in [5.74, 6) is 0.135. The van der Waals surface area contributed by atoms with Crippen LogP contribution in [0.25, 0.3) is 0 Å². The highest BCUT2D eigenvalue weighted by Crippen LogP contribution is 2.32. The van der Waals surface area contributed by atoms with Crippen LogP contribution in [0, 0.1) is 17.1 Å². The normalized spacial score (nSPS) is 9.89. The zero-order valence-corrected chi connectivity index (χ0v) is 10.5. The van der Waals surface area contributed by atoms with E-state index in [0.717, 1.165) is 6.07 Å². The molecule has 0 bridgehead atoms. The van der Waals surface area contributed by atoms with E-state index in [2.05, 4.69) is 0 Å². The molecule has 18 heavy (non-hydrogen) atoms. The molecule has 2 nitrogen and oxygen atoms in total. The lowest BCUT2D eigenvalue weighted by Gasteiger charge is -2.09. The van der Waals surface area contributed by atoms with Crippen LogP contribution >= 0.6 is 23.2 Å². The van der Waals surface area contributed by atoms with Crippen LogP contribution in [0.15, 0.2) is 36.4 Å². The van der Waals surface area contributed by atoms with Crippen molar-refractivity contribution in [1.82, 2.24) is 0 Å². The Morgan fingerprint density at radius 1 is 1.06 bits per heavy atom. The van der Waals surface area contributed by atoms with Crippen molar-refractivity contribution in [3.63, 3.8) is 0 Å². The third-order valence-electron chi connectivity index (χ3n) is 2.18. The van der Waals surface area contributed by atoms with Crippen LogP contribution in [0.3, 0.4) is 0 Å². The topological polar surface area (TPSA) is 33.0 Å². The lowest BCUT2D eigenvalue weighted by atomic mass is 10.2. The Labute approximate surface area is 113 Å². The maximum Gasteiger partial charge on any atom is 0.146 e. The van der Waals surface area contributed by atoms with E-state index in [0.29, 0.717) is 10.8 Å². The van der Waals surface area contributed by atoms with Gasteiger partial charge in [0.2, 0.25) is 0 Å². The Morgan fingerprint density at radius 3 is 2.44 bits per heavy atom. The fourth-order valence-corrected chi connectivity index (χ4v) is 1.73. The van der Waals surface area contributed by atoms with Gasteiger partial charge in [-0.1, -0.05) is 23.2 Å². The third kappa shape index (κ3) is 2.73. The smallest absolute Gasteiger partial charge is 0.146 e. The van der Waals surface area contributed by atoms with E-state index in [9.17, 15) is 4.39 Å². The highest BCUT2D eigenvalue weighted by Gasteiger charge is 2.08. The minimum absolute atomic E-state index is 0.133. The second-order valence-corrected chi connectivity index (χ2v) is 4.27. The monoisotopic (exact) mass is 281 g/mol. The van der Waals surface area contributed by atoms with Crippen LogP contribution in [0.2, 0.25) is 10.0 Å². The van der Waals surface area contributed by atoms with Gasteiger partial charge in [0.25, 0.3) is 0 Å². The van der Waals surface area contributed by atoms with Gasteiger partial charge >= 0.3 is 0 Å². The van der Waals surface area contributed by atoms with Crippen LogP contribution in [0.1, 0.15) is 5.56 Å². The maximum atomic E-state index is 12.9. The summed E-state index contributed by atoms with van der Waals surface area (Å²) in [6.07, 6.45) is 0. The molecular weight excluding hydrogens is 276 g/mol. The van der Waals surface area contributed by atoms with Crippen molar-refractivity contribution in [1.29, 1.82) is 5.26 Å². The Morgan fingerprint density at radius 2 is 1.78 bits per heavy atom. The summed E-state index contributed by atoms with van der Waals surface area (Å²) >= 11 is 11.6. The van der Waals surface area contributed by atoms with Crippen molar-refractivity contribution in [2.75, 3.05) is 0 Å². The molecule has 0 radical (unpaired) electrons. The van der Waals surface area contributed by atoms with Gasteiger partial charge in [-0.2, -0.15) is 5.26 Å². The van der Waals surface area contributed by atoms with Crippen LogP contribution in [-0.2, 0) is 0 Å². The quantitative estimate of drug-likeness (QED) is 0.792. The molecular formula is C13H6Cl2FNO. The molecule has 0 atom stereocenters. The summed E-state index contributed by atoms with van der Waals surface area (Å²) in [7, 11) is 0. The molecule has 2 aromatic carbocycles. The molecule has 0 saturated heterocycles. The summed E-state index contributed by atoms with van der Waals surface area (Å²) in [4.78, 5) is 0. The summed E-state index contributed by atoms with van der Waals surface area (Å²) < 4.78 is 18.3. The first kappa shape index (κ1) is 12.7. The minimum Gasteiger partial charge on any atom is -0.454 e. The molecule has 5 heteroatoms. The van der Waals surface area contributed by atoms with E-state index >= 15 is 0 Å². The second kappa shape index (κ2) is 5.26. The fraction of sp³-hybridized carbons (Fsp3) is 0. The summed E-state index contributed by atoms with van der Waals surface area (Å²) in [5, 5.41) is 9.52. The number of hydrogen-bond donors (Lipinski definition) is 0. The number of hydrogen-bond acceptors (Lipinski definition) is 2. The Kier molecular flexibility index (Phi) is 3.71.